The Kier molecular flexibility index (Phi) is 5.71. The van der Waals surface area contributed by atoms with Crippen LogP contribution in [0.1, 0.15) is 13.3 Å². The van der Waals surface area contributed by atoms with Gasteiger partial charge < -0.3 is 9.64 Å². The number of likely N-dealkylation sites (N-methyl/N-ethyl adjacent to an activating group) is 1. The van der Waals surface area contributed by atoms with Crippen molar-refractivity contribution in [3.05, 3.63) is 48.2 Å². The van der Waals surface area contributed by atoms with Gasteiger partial charge in [-0.2, -0.15) is 0 Å². The van der Waals surface area contributed by atoms with Gasteiger partial charge in [0.1, 0.15) is 5.75 Å². The molecule has 1 rings (SSSR count). The van der Waals surface area contributed by atoms with Crippen molar-refractivity contribution in [2.75, 3.05) is 19.1 Å². The molecule has 0 aliphatic rings. The summed E-state index contributed by atoms with van der Waals surface area (Å²) in [4.78, 5) is 12.9. The van der Waals surface area contributed by atoms with Crippen LogP contribution in [0.25, 0.3) is 0 Å². The molecule has 0 aliphatic carbocycles. The molecule has 0 unspecified atom stereocenters. The Morgan fingerprint density at radius 2 is 2.00 bits per heavy atom. The number of methoxy groups -OCH3 is 1. The van der Waals surface area contributed by atoms with Crippen LogP contribution in [0.2, 0.25) is 0 Å². The minimum atomic E-state index is 0.616. The SMILES string of the molecule is CC/C=C\C=C(/C=O)N(C)c1ccc(OC)cc1. The lowest BCUT2D eigenvalue weighted by atomic mass is 10.2. The van der Waals surface area contributed by atoms with E-state index in [-0.39, 0.29) is 0 Å². The summed E-state index contributed by atoms with van der Waals surface area (Å²) >= 11 is 0. The van der Waals surface area contributed by atoms with Gasteiger partial charge in [-0.3, -0.25) is 4.79 Å². The number of rotatable bonds is 6. The highest BCUT2D eigenvalue weighted by atomic mass is 16.5. The predicted molar refractivity (Wildman–Crippen MR) is 75.0 cm³/mol. The first-order valence-electron chi connectivity index (χ1n) is 5.92. The van der Waals surface area contributed by atoms with Gasteiger partial charge >= 0.3 is 0 Å². The minimum absolute atomic E-state index is 0.616. The molecule has 18 heavy (non-hydrogen) atoms. The average Bonchev–Trinajstić information content (AvgIpc) is 2.43. The van der Waals surface area contributed by atoms with Gasteiger partial charge in [0, 0.05) is 12.7 Å². The van der Waals surface area contributed by atoms with Gasteiger partial charge in [-0.15, -0.1) is 0 Å². The highest BCUT2D eigenvalue weighted by Gasteiger charge is 2.05. The van der Waals surface area contributed by atoms with Gasteiger partial charge in [-0.1, -0.05) is 19.1 Å². The molecule has 0 fully saturated rings. The number of carbonyl (C=O) groups excluding carboxylic acids is 1. The number of hydrogen-bond acceptors (Lipinski definition) is 3. The van der Waals surface area contributed by atoms with Gasteiger partial charge in [0.15, 0.2) is 6.29 Å². The van der Waals surface area contributed by atoms with E-state index in [1.807, 2.05) is 48.4 Å². The van der Waals surface area contributed by atoms with Crippen molar-refractivity contribution in [2.45, 2.75) is 13.3 Å². The first-order chi connectivity index (χ1) is 8.72. The number of aldehydes is 1. The topological polar surface area (TPSA) is 29.5 Å². The summed E-state index contributed by atoms with van der Waals surface area (Å²) in [5.41, 5.74) is 1.56. The molecule has 0 saturated carbocycles. The largest absolute Gasteiger partial charge is 0.497 e. The van der Waals surface area contributed by atoms with Gasteiger partial charge in [0.25, 0.3) is 0 Å². The number of benzene rings is 1. The van der Waals surface area contributed by atoms with Crippen molar-refractivity contribution in [3.63, 3.8) is 0 Å². The fourth-order valence-electron chi connectivity index (χ4n) is 1.49. The van der Waals surface area contributed by atoms with Crippen LogP contribution in [0.15, 0.2) is 48.2 Å². The van der Waals surface area contributed by atoms with Crippen LogP contribution in [-0.2, 0) is 4.79 Å². The summed E-state index contributed by atoms with van der Waals surface area (Å²) in [6.07, 6.45) is 7.51. The molecule has 0 aromatic heterocycles. The molecule has 0 radical (unpaired) electrons. The van der Waals surface area contributed by atoms with Crippen LogP contribution in [0.3, 0.4) is 0 Å². The third-order valence-corrected chi connectivity index (χ3v) is 2.61. The second-order valence-corrected chi connectivity index (χ2v) is 3.80. The molecule has 0 N–H and O–H groups in total. The van der Waals surface area contributed by atoms with Crippen LogP contribution >= 0.6 is 0 Å². The smallest absolute Gasteiger partial charge is 0.166 e. The molecular formula is C15H19NO2. The summed E-state index contributed by atoms with van der Waals surface area (Å²) in [5.74, 6) is 0.801. The minimum Gasteiger partial charge on any atom is -0.497 e. The van der Waals surface area contributed by atoms with E-state index in [1.165, 1.54) is 0 Å². The van der Waals surface area contributed by atoms with Gasteiger partial charge in [0.2, 0.25) is 0 Å². The van der Waals surface area contributed by atoms with Crippen molar-refractivity contribution >= 4 is 12.0 Å². The summed E-state index contributed by atoms with van der Waals surface area (Å²) in [7, 11) is 3.49. The van der Waals surface area contributed by atoms with E-state index in [2.05, 4.69) is 6.92 Å². The fourth-order valence-corrected chi connectivity index (χ4v) is 1.49. The number of ether oxygens (including phenoxy) is 1. The van der Waals surface area contributed by atoms with Crippen LogP contribution < -0.4 is 9.64 Å². The van der Waals surface area contributed by atoms with Crippen LogP contribution in [0.4, 0.5) is 5.69 Å². The first kappa shape index (κ1) is 14.0. The average molecular weight is 245 g/mol. The Labute approximate surface area is 108 Å². The second-order valence-electron chi connectivity index (χ2n) is 3.80. The van der Waals surface area contributed by atoms with E-state index in [0.717, 1.165) is 24.1 Å². The normalized spacial score (nSPS) is 11.6. The monoisotopic (exact) mass is 245 g/mol. The lowest BCUT2D eigenvalue weighted by Gasteiger charge is -2.18. The first-order valence-corrected chi connectivity index (χ1v) is 5.92. The molecule has 0 atom stereocenters. The van der Waals surface area contributed by atoms with Crippen molar-refractivity contribution in [1.82, 2.24) is 0 Å². The van der Waals surface area contributed by atoms with E-state index < -0.39 is 0 Å². The number of carbonyl (C=O) groups is 1. The zero-order chi connectivity index (χ0) is 13.4. The maximum Gasteiger partial charge on any atom is 0.166 e. The van der Waals surface area contributed by atoms with E-state index >= 15 is 0 Å². The number of anilines is 1. The molecule has 1 aromatic rings. The highest BCUT2D eigenvalue weighted by Crippen LogP contribution is 2.20. The number of hydrogen-bond donors (Lipinski definition) is 0. The molecule has 0 saturated heterocycles. The van der Waals surface area contributed by atoms with Crippen LogP contribution in [0, 0.1) is 0 Å². The molecule has 0 bridgehead atoms. The summed E-state index contributed by atoms with van der Waals surface area (Å²) in [6.45, 7) is 2.05. The lowest BCUT2D eigenvalue weighted by Crippen LogP contribution is -2.17. The Morgan fingerprint density at radius 3 is 2.50 bits per heavy atom. The number of allylic oxidation sites excluding steroid dienone is 4. The summed E-state index contributed by atoms with van der Waals surface area (Å²) < 4.78 is 5.10. The maximum atomic E-state index is 11.1. The standard InChI is InChI=1S/C15H19NO2/c1-4-5-6-7-14(12-17)16(2)13-8-10-15(18-3)11-9-13/h5-12H,4H2,1-3H3/b6-5-,14-7+. The van der Waals surface area contributed by atoms with E-state index in [4.69, 9.17) is 4.74 Å². The number of nitrogens with zero attached hydrogens (tertiary/aromatic N) is 1. The van der Waals surface area contributed by atoms with Gasteiger partial charge in [0.05, 0.1) is 12.8 Å². The van der Waals surface area contributed by atoms with E-state index in [0.29, 0.717) is 5.70 Å². The maximum absolute atomic E-state index is 11.1. The molecule has 0 aliphatic heterocycles. The van der Waals surface area contributed by atoms with Crippen molar-refractivity contribution in [3.8, 4) is 5.75 Å². The van der Waals surface area contributed by atoms with E-state index in [9.17, 15) is 4.79 Å². The van der Waals surface area contributed by atoms with Crippen molar-refractivity contribution in [1.29, 1.82) is 0 Å². The molecule has 0 heterocycles. The molecular weight excluding hydrogens is 226 g/mol. The zero-order valence-corrected chi connectivity index (χ0v) is 11.1. The van der Waals surface area contributed by atoms with Crippen LogP contribution in [-0.4, -0.2) is 20.4 Å². The fraction of sp³-hybridized carbons (Fsp3) is 0.267. The Bertz CT molecular complexity index is 432. The molecule has 0 spiro atoms. The third-order valence-electron chi connectivity index (χ3n) is 2.61. The third kappa shape index (κ3) is 3.77. The molecule has 3 heteroatoms. The quantitative estimate of drug-likeness (QED) is 0.438. The van der Waals surface area contributed by atoms with Crippen molar-refractivity contribution < 1.29 is 9.53 Å². The Balaban J connectivity index is 2.88. The second kappa shape index (κ2) is 7.33. The summed E-state index contributed by atoms with van der Waals surface area (Å²) in [6, 6.07) is 7.58. The zero-order valence-electron chi connectivity index (χ0n) is 11.1. The van der Waals surface area contributed by atoms with E-state index in [1.54, 1.807) is 13.2 Å². The van der Waals surface area contributed by atoms with Gasteiger partial charge in [-0.25, -0.2) is 0 Å². The molecule has 0 amide bonds. The van der Waals surface area contributed by atoms with Gasteiger partial charge in [-0.05, 0) is 36.8 Å². The molecule has 1 aromatic carbocycles. The molecule has 96 valence electrons. The summed E-state index contributed by atoms with van der Waals surface area (Å²) in [5, 5.41) is 0. The Hall–Kier alpha value is -2.03. The molecule has 3 nitrogen and oxygen atoms in total. The Morgan fingerprint density at radius 1 is 1.33 bits per heavy atom. The predicted octanol–water partition coefficient (Wildman–Crippen LogP) is 3.18. The van der Waals surface area contributed by atoms with Crippen LogP contribution in [0.5, 0.6) is 5.75 Å². The lowest BCUT2D eigenvalue weighted by molar-refractivity contribution is -0.104. The highest BCUT2D eigenvalue weighted by molar-refractivity contribution is 5.80. The van der Waals surface area contributed by atoms with Crippen molar-refractivity contribution in [2.24, 2.45) is 0 Å².